The maximum atomic E-state index is 13.5. The molecule has 2 heterocycles. The number of aryl methyl sites for hydroxylation is 1. The zero-order valence-electron chi connectivity index (χ0n) is 20.5. The van der Waals surface area contributed by atoms with Gasteiger partial charge in [0.1, 0.15) is 5.82 Å². The van der Waals surface area contributed by atoms with Gasteiger partial charge in [0, 0.05) is 37.0 Å². The number of rotatable bonds is 7. The van der Waals surface area contributed by atoms with E-state index in [1.54, 1.807) is 24.3 Å². The van der Waals surface area contributed by atoms with Crippen LogP contribution in [-0.2, 0) is 4.79 Å². The van der Waals surface area contributed by atoms with E-state index in [1.165, 1.54) is 51.5 Å². The monoisotopic (exact) mass is 534 g/mol. The van der Waals surface area contributed by atoms with Crippen molar-refractivity contribution in [3.05, 3.63) is 94.5 Å². The summed E-state index contributed by atoms with van der Waals surface area (Å²) in [5.41, 5.74) is 3.44. The first-order valence-corrected chi connectivity index (χ1v) is 14.2. The van der Waals surface area contributed by atoms with Gasteiger partial charge in [0.15, 0.2) is 5.16 Å². The number of thioether (sulfide) groups is 2. The second-order valence-corrected chi connectivity index (χ2v) is 11.1. The minimum absolute atomic E-state index is 0.123. The quantitative estimate of drug-likeness (QED) is 0.145. The van der Waals surface area contributed by atoms with E-state index in [1.807, 2.05) is 29.2 Å². The van der Waals surface area contributed by atoms with Crippen LogP contribution in [0, 0.1) is 12.7 Å². The molecule has 1 aliphatic rings. The Bertz CT molecular complexity index is 1470. The highest BCUT2D eigenvalue weighted by Gasteiger charge is 2.22. The van der Waals surface area contributed by atoms with Gasteiger partial charge < -0.3 is 9.80 Å². The number of carbonyl (C=O) groups excluding carboxylic acids is 1. The van der Waals surface area contributed by atoms with Crippen LogP contribution in [0.1, 0.15) is 5.56 Å². The maximum Gasteiger partial charge on any atom is 0.266 e. The largest absolute Gasteiger partial charge is 0.368 e. The fourth-order valence-corrected chi connectivity index (χ4v) is 6.38. The van der Waals surface area contributed by atoms with Crippen molar-refractivity contribution in [3.63, 3.8) is 0 Å². The summed E-state index contributed by atoms with van der Waals surface area (Å²) in [7, 11) is 0. The average molecular weight is 535 g/mol. The first kappa shape index (κ1) is 25.4. The van der Waals surface area contributed by atoms with E-state index in [2.05, 4.69) is 24.0 Å². The van der Waals surface area contributed by atoms with Crippen molar-refractivity contribution in [3.8, 4) is 5.69 Å². The summed E-state index contributed by atoms with van der Waals surface area (Å²) >= 11 is 2.91. The fraction of sp³-hybridized carbons (Fsp3) is 0.250. The highest BCUT2D eigenvalue weighted by Crippen LogP contribution is 2.25. The lowest BCUT2D eigenvalue weighted by Crippen LogP contribution is -2.49. The van der Waals surface area contributed by atoms with Gasteiger partial charge in [0.2, 0.25) is 5.91 Å². The first-order valence-electron chi connectivity index (χ1n) is 12.1. The van der Waals surface area contributed by atoms with Crippen molar-refractivity contribution in [2.75, 3.05) is 41.9 Å². The third kappa shape index (κ3) is 5.67. The van der Waals surface area contributed by atoms with Crippen molar-refractivity contribution in [1.29, 1.82) is 0 Å². The predicted molar refractivity (Wildman–Crippen MR) is 150 cm³/mol. The molecule has 0 radical (unpaired) electrons. The van der Waals surface area contributed by atoms with Crippen LogP contribution < -0.4 is 10.5 Å². The third-order valence-electron chi connectivity index (χ3n) is 6.42. The second kappa shape index (κ2) is 11.4. The van der Waals surface area contributed by atoms with Gasteiger partial charge in [0.25, 0.3) is 5.56 Å². The molecule has 37 heavy (non-hydrogen) atoms. The molecule has 9 heteroatoms. The Kier molecular flexibility index (Phi) is 7.81. The van der Waals surface area contributed by atoms with Crippen molar-refractivity contribution in [2.24, 2.45) is 0 Å². The van der Waals surface area contributed by atoms with E-state index in [9.17, 15) is 14.0 Å². The Labute approximate surface area is 223 Å². The molecule has 1 fully saturated rings. The van der Waals surface area contributed by atoms with Gasteiger partial charge in [0.05, 0.1) is 22.3 Å². The Morgan fingerprint density at radius 2 is 1.65 bits per heavy atom. The van der Waals surface area contributed by atoms with Crippen LogP contribution in [0.5, 0.6) is 0 Å². The number of amides is 1. The number of hydrogen-bond donors (Lipinski definition) is 0. The first-order chi connectivity index (χ1) is 18.0. The number of carbonyl (C=O) groups is 1. The minimum Gasteiger partial charge on any atom is -0.368 e. The van der Waals surface area contributed by atoms with Crippen LogP contribution >= 0.6 is 23.5 Å². The molecule has 1 aromatic heterocycles. The summed E-state index contributed by atoms with van der Waals surface area (Å²) in [6.45, 7) is 5.16. The zero-order valence-corrected chi connectivity index (χ0v) is 22.1. The summed E-state index contributed by atoms with van der Waals surface area (Å²) in [5, 5.41) is 1.58. The fourth-order valence-electron chi connectivity index (χ4n) is 4.46. The third-order valence-corrected chi connectivity index (χ3v) is 8.54. The van der Waals surface area contributed by atoms with E-state index in [-0.39, 0.29) is 17.3 Å². The number of benzene rings is 3. The molecule has 1 amide bonds. The zero-order chi connectivity index (χ0) is 25.8. The van der Waals surface area contributed by atoms with E-state index >= 15 is 0 Å². The number of hydrogen-bond acceptors (Lipinski definition) is 6. The van der Waals surface area contributed by atoms with E-state index in [0.717, 1.165) is 13.1 Å². The molecule has 3 aromatic carbocycles. The highest BCUT2D eigenvalue weighted by molar-refractivity contribution is 8.16. The van der Waals surface area contributed by atoms with Gasteiger partial charge >= 0.3 is 0 Å². The van der Waals surface area contributed by atoms with Gasteiger partial charge in [-0.25, -0.2) is 9.37 Å². The van der Waals surface area contributed by atoms with Gasteiger partial charge in [-0.2, -0.15) is 0 Å². The lowest BCUT2D eigenvalue weighted by molar-refractivity contribution is -0.128. The predicted octanol–water partition coefficient (Wildman–Crippen LogP) is 4.96. The number of aromatic nitrogens is 2. The standard InChI is InChI=1S/C28H27FN4O2S2/c1-20-6-2-5-9-25(20)31-14-16-32(17-15-31)26(34)18-36-19-37-28-30-24-8-4-3-7-23(24)27(35)33(28)22-12-10-21(29)11-13-22/h2-13H,14-19H2,1H3. The molecule has 1 saturated heterocycles. The highest BCUT2D eigenvalue weighted by atomic mass is 32.2. The van der Waals surface area contributed by atoms with Gasteiger partial charge in [-0.3, -0.25) is 14.2 Å². The topological polar surface area (TPSA) is 58.4 Å². The van der Waals surface area contributed by atoms with Crippen LogP contribution in [0.4, 0.5) is 10.1 Å². The summed E-state index contributed by atoms with van der Waals surface area (Å²) in [6.07, 6.45) is 0. The number of nitrogens with zero attached hydrogens (tertiary/aromatic N) is 4. The normalized spacial score (nSPS) is 13.8. The Morgan fingerprint density at radius 3 is 2.41 bits per heavy atom. The Hall–Kier alpha value is -3.30. The van der Waals surface area contributed by atoms with E-state index in [0.29, 0.717) is 45.7 Å². The molecule has 1 aliphatic heterocycles. The van der Waals surface area contributed by atoms with E-state index in [4.69, 9.17) is 4.98 Å². The lowest BCUT2D eigenvalue weighted by Gasteiger charge is -2.36. The minimum atomic E-state index is -0.367. The van der Waals surface area contributed by atoms with Crippen molar-refractivity contribution in [2.45, 2.75) is 12.1 Å². The molecule has 0 unspecified atom stereocenters. The molecule has 190 valence electrons. The second-order valence-electron chi connectivity index (χ2n) is 8.79. The Balaban J connectivity index is 1.21. The molecular formula is C28H27FN4O2S2. The molecule has 0 atom stereocenters. The molecule has 6 nitrogen and oxygen atoms in total. The summed E-state index contributed by atoms with van der Waals surface area (Å²) in [4.78, 5) is 35.1. The van der Waals surface area contributed by atoms with Crippen LogP contribution in [0.3, 0.4) is 0 Å². The number of fused-ring (bicyclic) bond motifs is 1. The lowest BCUT2D eigenvalue weighted by atomic mass is 10.1. The number of piperazine rings is 1. The Morgan fingerprint density at radius 1 is 0.946 bits per heavy atom. The summed E-state index contributed by atoms with van der Waals surface area (Å²) < 4.78 is 15.0. The van der Waals surface area contributed by atoms with Gasteiger partial charge in [-0.15, -0.1) is 11.8 Å². The average Bonchev–Trinajstić information content (AvgIpc) is 2.92. The van der Waals surface area contributed by atoms with Crippen LogP contribution in [-0.4, -0.2) is 57.4 Å². The molecule has 0 aliphatic carbocycles. The van der Waals surface area contributed by atoms with Gasteiger partial charge in [-0.1, -0.05) is 42.1 Å². The molecule has 4 aromatic rings. The smallest absolute Gasteiger partial charge is 0.266 e. The van der Waals surface area contributed by atoms with Crippen LogP contribution in [0.15, 0.2) is 82.7 Å². The molecule has 0 saturated carbocycles. The summed E-state index contributed by atoms with van der Waals surface area (Å²) in [5.74, 6) is 0.122. The number of halogens is 1. The van der Waals surface area contributed by atoms with Crippen LogP contribution in [0.25, 0.3) is 16.6 Å². The number of anilines is 1. The van der Waals surface area contributed by atoms with E-state index < -0.39 is 0 Å². The summed E-state index contributed by atoms with van der Waals surface area (Å²) in [6, 6.07) is 21.3. The molecule has 0 spiro atoms. The van der Waals surface area contributed by atoms with Crippen molar-refractivity contribution >= 4 is 46.0 Å². The number of para-hydroxylation sites is 2. The van der Waals surface area contributed by atoms with Crippen molar-refractivity contribution < 1.29 is 9.18 Å². The SMILES string of the molecule is Cc1ccccc1N1CCN(C(=O)CSCSc2nc3ccccc3c(=O)n2-c2ccc(F)cc2)CC1. The van der Waals surface area contributed by atoms with Crippen LogP contribution in [0.2, 0.25) is 0 Å². The molecule has 5 rings (SSSR count). The molecule has 0 bridgehead atoms. The van der Waals surface area contributed by atoms with Crippen molar-refractivity contribution in [1.82, 2.24) is 14.5 Å². The molecular weight excluding hydrogens is 507 g/mol. The molecule has 0 N–H and O–H groups in total. The maximum absolute atomic E-state index is 13.5. The van der Waals surface area contributed by atoms with Gasteiger partial charge in [-0.05, 0) is 55.0 Å².